The number of carboxylic acid groups (broad SMARTS) is 1. The molecule has 0 aliphatic carbocycles. The summed E-state index contributed by atoms with van der Waals surface area (Å²) in [5.41, 5.74) is 1.13. The lowest BCUT2D eigenvalue weighted by Gasteiger charge is -2.27. The lowest BCUT2D eigenvalue weighted by Crippen LogP contribution is -2.35. The second kappa shape index (κ2) is 6.65. The van der Waals surface area contributed by atoms with Gasteiger partial charge in [-0.15, -0.1) is 11.3 Å². The van der Waals surface area contributed by atoms with E-state index >= 15 is 0 Å². The van der Waals surface area contributed by atoms with Crippen LogP contribution in [0.15, 0.2) is 0 Å². The maximum absolute atomic E-state index is 10.8. The number of hydrogen-bond acceptors (Lipinski definition) is 5. The van der Waals surface area contributed by atoms with E-state index < -0.39 is 5.97 Å². The van der Waals surface area contributed by atoms with Gasteiger partial charge in [0.05, 0.1) is 17.2 Å². The molecular formula is C14H23N3O2S. The molecule has 0 aromatic carbocycles. The van der Waals surface area contributed by atoms with Gasteiger partial charge in [0.1, 0.15) is 0 Å². The third kappa shape index (κ3) is 3.77. The first-order valence-corrected chi connectivity index (χ1v) is 7.91. The molecule has 0 bridgehead atoms. The molecule has 1 atom stereocenters. The summed E-state index contributed by atoms with van der Waals surface area (Å²) in [6, 6.07) is 0.367. The van der Waals surface area contributed by atoms with Gasteiger partial charge < -0.3 is 5.11 Å². The van der Waals surface area contributed by atoms with Crippen molar-refractivity contribution in [1.29, 1.82) is 0 Å². The number of hydrogen-bond donors (Lipinski definition) is 1. The average molecular weight is 297 g/mol. The van der Waals surface area contributed by atoms with Gasteiger partial charge in [-0.05, 0) is 27.2 Å². The highest BCUT2D eigenvalue weighted by atomic mass is 32.1. The lowest BCUT2D eigenvalue weighted by atomic mass is 10.2. The second-order valence-corrected chi connectivity index (χ2v) is 6.65. The molecule has 112 valence electrons. The third-order valence-electron chi connectivity index (χ3n) is 3.85. The molecule has 1 aromatic rings. The number of rotatable bonds is 4. The Labute approximate surface area is 124 Å². The van der Waals surface area contributed by atoms with E-state index in [0.717, 1.165) is 43.3 Å². The molecule has 20 heavy (non-hydrogen) atoms. The lowest BCUT2D eigenvalue weighted by molar-refractivity contribution is -0.138. The van der Waals surface area contributed by atoms with Gasteiger partial charge in [0, 0.05) is 37.1 Å². The van der Waals surface area contributed by atoms with Crippen molar-refractivity contribution in [2.45, 2.75) is 33.2 Å². The Balaban J connectivity index is 1.99. The molecule has 1 aliphatic rings. The van der Waals surface area contributed by atoms with Crippen LogP contribution >= 0.6 is 11.3 Å². The highest BCUT2D eigenvalue weighted by Gasteiger charge is 2.23. The monoisotopic (exact) mass is 297 g/mol. The van der Waals surface area contributed by atoms with Gasteiger partial charge in [0.25, 0.3) is 0 Å². The van der Waals surface area contributed by atoms with Crippen molar-refractivity contribution in [2.75, 3.05) is 32.7 Å². The van der Waals surface area contributed by atoms with E-state index in [1.54, 1.807) is 11.3 Å². The Morgan fingerprint density at radius 3 is 2.70 bits per heavy atom. The van der Waals surface area contributed by atoms with E-state index in [0.29, 0.717) is 6.04 Å². The predicted octanol–water partition coefficient (Wildman–Crippen LogP) is 1.91. The number of carboxylic acids is 1. The first kappa shape index (κ1) is 15.4. The molecule has 1 unspecified atom stereocenters. The molecule has 0 saturated carbocycles. The third-order valence-corrected chi connectivity index (χ3v) is 5.09. The first-order chi connectivity index (χ1) is 9.47. The van der Waals surface area contributed by atoms with Crippen LogP contribution in [-0.4, -0.2) is 58.6 Å². The molecule has 1 saturated heterocycles. The van der Waals surface area contributed by atoms with Gasteiger partial charge in [-0.2, -0.15) is 0 Å². The number of aliphatic carboxylic acids is 1. The van der Waals surface area contributed by atoms with Gasteiger partial charge in [-0.3, -0.25) is 14.6 Å². The van der Waals surface area contributed by atoms with E-state index in [2.05, 4.69) is 23.7 Å². The summed E-state index contributed by atoms with van der Waals surface area (Å²) in [5, 5.41) is 10.0. The van der Waals surface area contributed by atoms with Crippen molar-refractivity contribution in [3.05, 3.63) is 15.6 Å². The van der Waals surface area contributed by atoms with Crippen LogP contribution < -0.4 is 0 Å². The van der Waals surface area contributed by atoms with E-state index in [9.17, 15) is 4.79 Å². The van der Waals surface area contributed by atoms with Crippen LogP contribution in [0.25, 0.3) is 0 Å². The van der Waals surface area contributed by atoms with Crippen molar-refractivity contribution in [2.24, 2.45) is 0 Å². The highest BCUT2D eigenvalue weighted by molar-refractivity contribution is 7.11. The maximum atomic E-state index is 10.8. The Hall–Kier alpha value is -0.980. The van der Waals surface area contributed by atoms with Crippen LogP contribution in [-0.2, 0) is 4.79 Å². The summed E-state index contributed by atoms with van der Waals surface area (Å²) in [7, 11) is 0. The molecule has 0 radical (unpaired) electrons. The normalized spacial score (nSPS) is 19.8. The Morgan fingerprint density at radius 2 is 2.10 bits per heavy atom. The van der Waals surface area contributed by atoms with E-state index in [1.165, 1.54) is 4.88 Å². The second-order valence-electron chi connectivity index (χ2n) is 5.42. The fourth-order valence-corrected chi connectivity index (χ4v) is 3.84. The number of carbonyl (C=O) groups is 1. The zero-order chi connectivity index (χ0) is 14.7. The van der Waals surface area contributed by atoms with Crippen molar-refractivity contribution in [1.82, 2.24) is 14.8 Å². The molecule has 1 N–H and O–H groups in total. The number of thiazole rings is 1. The fraction of sp³-hybridized carbons (Fsp3) is 0.714. The molecule has 2 heterocycles. The van der Waals surface area contributed by atoms with E-state index in [1.807, 2.05) is 11.8 Å². The highest BCUT2D eigenvalue weighted by Crippen LogP contribution is 2.29. The van der Waals surface area contributed by atoms with E-state index in [-0.39, 0.29) is 6.54 Å². The minimum absolute atomic E-state index is 0.154. The molecule has 2 rings (SSSR count). The minimum Gasteiger partial charge on any atom is -0.480 e. The van der Waals surface area contributed by atoms with Gasteiger partial charge in [-0.1, -0.05) is 0 Å². The quantitative estimate of drug-likeness (QED) is 0.920. The Kier molecular flexibility index (Phi) is 5.12. The topological polar surface area (TPSA) is 56.7 Å². The summed E-state index contributed by atoms with van der Waals surface area (Å²) in [6.45, 7) is 10.1. The summed E-state index contributed by atoms with van der Waals surface area (Å²) < 4.78 is 0. The number of aryl methyl sites for hydroxylation is 2. The van der Waals surface area contributed by atoms with Gasteiger partial charge in [0.15, 0.2) is 0 Å². The number of nitrogens with zero attached hydrogens (tertiary/aromatic N) is 3. The van der Waals surface area contributed by atoms with Gasteiger partial charge >= 0.3 is 5.97 Å². The van der Waals surface area contributed by atoms with Crippen LogP contribution in [0.5, 0.6) is 0 Å². The van der Waals surface area contributed by atoms with Crippen molar-refractivity contribution < 1.29 is 9.90 Å². The maximum Gasteiger partial charge on any atom is 0.317 e. The zero-order valence-electron chi connectivity index (χ0n) is 12.4. The Morgan fingerprint density at radius 1 is 1.35 bits per heavy atom. The van der Waals surface area contributed by atoms with Gasteiger partial charge in [-0.25, -0.2) is 4.98 Å². The van der Waals surface area contributed by atoms with Crippen LogP contribution in [0.3, 0.4) is 0 Å². The zero-order valence-corrected chi connectivity index (χ0v) is 13.2. The largest absolute Gasteiger partial charge is 0.480 e. The molecule has 1 aromatic heterocycles. The summed E-state index contributed by atoms with van der Waals surface area (Å²) in [4.78, 5) is 21.1. The van der Waals surface area contributed by atoms with Crippen LogP contribution in [0, 0.1) is 13.8 Å². The molecule has 0 amide bonds. The standard InChI is InChI=1S/C14H23N3O2S/c1-10-14(20-12(3)15-10)11(2)17-6-4-5-16(7-8-17)9-13(18)19/h11H,4-9H2,1-3H3,(H,18,19). The fourth-order valence-electron chi connectivity index (χ4n) is 2.83. The van der Waals surface area contributed by atoms with Crippen LogP contribution in [0.1, 0.15) is 35.0 Å². The molecule has 1 aliphatic heterocycles. The van der Waals surface area contributed by atoms with Crippen LogP contribution in [0.2, 0.25) is 0 Å². The van der Waals surface area contributed by atoms with Crippen molar-refractivity contribution in [3.63, 3.8) is 0 Å². The van der Waals surface area contributed by atoms with Crippen LogP contribution in [0.4, 0.5) is 0 Å². The number of aromatic nitrogens is 1. The minimum atomic E-state index is -0.736. The van der Waals surface area contributed by atoms with Gasteiger partial charge in [0.2, 0.25) is 0 Å². The first-order valence-electron chi connectivity index (χ1n) is 7.09. The summed E-state index contributed by atoms with van der Waals surface area (Å²) in [6.07, 6.45) is 1.02. The molecule has 6 heteroatoms. The molecule has 1 fully saturated rings. The summed E-state index contributed by atoms with van der Waals surface area (Å²) >= 11 is 1.77. The van der Waals surface area contributed by atoms with Crippen molar-refractivity contribution in [3.8, 4) is 0 Å². The van der Waals surface area contributed by atoms with Crippen molar-refractivity contribution >= 4 is 17.3 Å². The smallest absolute Gasteiger partial charge is 0.317 e. The molecular weight excluding hydrogens is 274 g/mol. The Bertz CT molecular complexity index is 475. The SMILES string of the molecule is Cc1nc(C)c(C(C)N2CCCN(CC(=O)O)CC2)s1. The molecule has 5 nitrogen and oxygen atoms in total. The average Bonchev–Trinajstić information content (AvgIpc) is 2.58. The predicted molar refractivity (Wildman–Crippen MR) is 80.3 cm³/mol. The van der Waals surface area contributed by atoms with E-state index in [4.69, 9.17) is 5.11 Å². The summed E-state index contributed by atoms with van der Waals surface area (Å²) in [5.74, 6) is -0.736. The molecule has 0 spiro atoms.